The van der Waals surface area contributed by atoms with Crippen LogP contribution in [0.2, 0.25) is 0 Å². The van der Waals surface area contributed by atoms with E-state index >= 15 is 0 Å². The minimum Gasteiger partial charge on any atom is -0.507 e. The average molecular weight is 338 g/mol. The van der Waals surface area contributed by atoms with E-state index in [9.17, 15) is 23.4 Å². The lowest BCUT2D eigenvalue weighted by atomic mass is 10.1. The number of hydrogen-bond acceptors (Lipinski definition) is 7. The van der Waals surface area contributed by atoms with Crippen LogP contribution in [0, 0.1) is 6.92 Å². The summed E-state index contributed by atoms with van der Waals surface area (Å²) in [7, 11) is -3.97. The number of benzene rings is 1. The molecule has 0 radical (unpaired) electrons. The van der Waals surface area contributed by atoms with E-state index in [0.717, 1.165) is 18.2 Å². The molecule has 0 aliphatic carbocycles. The molecule has 0 aliphatic rings. The number of phenolic OH excluding ortho intramolecular Hbond substituents is 1. The smallest absolute Gasteiger partial charge is 0.348 e. The van der Waals surface area contributed by atoms with Gasteiger partial charge in [-0.05, 0) is 32.0 Å². The third-order valence-electron chi connectivity index (χ3n) is 2.98. The van der Waals surface area contributed by atoms with Crippen molar-refractivity contribution in [1.29, 1.82) is 0 Å². The van der Waals surface area contributed by atoms with Crippen LogP contribution in [-0.4, -0.2) is 24.3 Å². The second kappa shape index (κ2) is 5.86. The zero-order chi connectivity index (χ0) is 17.4. The van der Waals surface area contributed by atoms with Crippen molar-refractivity contribution < 1.29 is 23.0 Å². The summed E-state index contributed by atoms with van der Waals surface area (Å²) in [5.41, 5.74) is -1.06. The third kappa shape index (κ3) is 3.58. The fourth-order valence-electron chi connectivity index (χ4n) is 1.94. The summed E-state index contributed by atoms with van der Waals surface area (Å²) in [6, 6.07) is 4.54. The van der Waals surface area contributed by atoms with Gasteiger partial charge in [-0.1, -0.05) is 0 Å². The standard InChI is InChI=1S/C14H14N2O6S/c1-7-5-12(18)13(14(19)22-7)8(2)16-10-6-9(23(15,20)21)3-4-11(10)17/h3-6,17-18H,1-2H3,(H2,15,20,21). The first-order valence-electron chi connectivity index (χ1n) is 6.35. The van der Waals surface area contributed by atoms with E-state index in [2.05, 4.69) is 4.99 Å². The molecule has 2 rings (SSSR count). The van der Waals surface area contributed by atoms with Crippen molar-refractivity contribution >= 4 is 21.4 Å². The lowest BCUT2D eigenvalue weighted by molar-refractivity contribution is 0.432. The minimum absolute atomic E-state index is 0.0399. The highest BCUT2D eigenvalue weighted by atomic mass is 32.2. The van der Waals surface area contributed by atoms with Crippen molar-refractivity contribution in [2.75, 3.05) is 0 Å². The molecule has 8 nitrogen and oxygen atoms in total. The largest absolute Gasteiger partial charge is 0.507 e. The van der Waals surface area contributed by atoms with Crippen molar-refractivity contribution in [2.24, 2.45) is 10.1 Å². The number of aliphatic imine (C=N–C) groups is 1. The molecular weight excluding hydrogens is 324 g/mol. The summed E-state index contributed by atoms with van der Waals surface area (Å²) in [6.45, 7) is 2.91. The Balaban J connectivity index is 2.61. The lowest BCUT2D eigenvalue weighted by Gasteiger charge is -2.06. The number of aryl methyl sites for hydroxylation is 1. The Morgan fingerprint density at radius 1 is 1.22 bits per heavy atom. The van der Waals surface area contributed by atoms with Crippen molar-refractivity contribution in [2.45, 2.75) is 18.7 Å². The molecule has 23 heavy (non-hydrogen) atoms. The molecule has 0 amide bonds. The normalized spacial score (nSPS) is 12.4. The number of sulfonamides is 1. The molecule has 0 bridgehead atoms. The number of primary sulfonamides is 1. The fourth-order valence-corrected chi connectivity index (χ4v) is 2.47. The molecule has 122 valence electrons. The molecule has 0 spiro atoms. The van der Waals surface area contributed by atoms with Crippen LogP contribution in [0.3, 0.4) is 0 Å². The summed E-state index contributed by atoms with van der Waals surface area (Å²) in [4.78, 5) is 15.6. The summed E-state index contributed by atoms with van der Waals surface area (Å²) in [6.07, 6.45) is 0. The van der Waals surface area contributed by atoms with Gasteiger partial charge in [-0.15, -0.1) is 0 Å². The molecule has 0 saturated heterocycles. The zero-order valence-electron chi connectivity index (χ0n) is 12.3. The molecular formula is C14H14N2O6S. The van der Waals surface area contributed by atoms with E-state index in [1.54, 1.807) is 0 Å². The molecule has 0 fully saturated rings. The Labute approximate surface area is 131 Å². The fraction of sp³-hybridized carbons (Fsp3) is 0.143. The van der Waals surface area contributed by atoms with E-state index in [1.165, 1.54) is 19.9 Å². The van der Waals surface area contributed by atoms with Gasteiger partial charge in [0.2, 0.25) is 10.0 Å². The van der Waals surface area contributed by atoms with Crippen LogP contribution in [0.5, 0.6) is 11.5 Å². The van der Waals surface area contributed by atoms with Gasteiger partial charge in [-0.3, -0.25) is 0 Å². The Morgan fingerprint density at radius 2 is 1.87 bits per heavy atom. The van der Waals surface area contributed by atoms with E-state index in [0.29, 0.717) is 0 Å². The quantitative estimate of drug-likeness (QED) is 0.716. The number of phenols is 1. The highest BCUT2D eigenvalue weighted by molar-refractivity contribution is 7.89. The Hall–Kier alpha value is -2.65. The second-order valence-corrected chi connectivity index (χ2v) is 6.36. The van der Waals surface area contributed by atoms with Gasteiger partial charge < -0.3 is 14.6 Å². The molecule has 1 aromatic carbocycles. The maximum Gasteiger partial charge on any atom is 0.348 e. The van der Waals surface area contributed by atoms with Crippen molar-refractivity contribution in [3.8, 4) is 11.5 Å². The van der Waals surface area contributed by atoms with E-state index in [4.69, 9.17) is 9.56 Å². The minimum atomic E-state index is -3.97. The Bertz CT molecular complexity index is 960. The van der Waals surface area contributed by atoms with Crippen LogP contribution in [0.25, 0.3) is 0 Å². The van der Waals surface area contributed by atoms with Gasteiger partial charge >= 0.3 is 5.63 Å². The highest BCUT2D eigenvalue weighted by Crippen LogP contribution is 2.30. The molecule has 0 atom stereocenters. The predicted molar refractivity (Wildman–Crippen MR) is 82.7 cm³/mol. The van der Waals surface area contributed by atoms with Crippen molar-refractivity contribution in [3.05, 3.63) is 46.0 Å². The number of aromatic hydroxyl groups is 2. The van der Waals surface area contributed by atoms with E-state index < -0.39 is 15.6 Å². The van der Waals surface area contributed by atoms with E-state index in [-0.39, 0.29) is 39.1 Å². The van der Waals surface area contributed by atoms with Gasteiger partial charge in [-0.25, -0.2) is 23.3 Å². The van der Waals surface area contributed by atoms with Gasteiger partial charge in [0, 0.05) is 6.07 Å². The maximum atomic E-state index is 11.8. The average Bonchev–Trinajstić information content (AvgIpc) is 2.38. The first-order chi connectivity index (χ1) is 10.6. The molecule has 1 heterocycles. The van der Waals surface area contributed by atoms with Crippen LogP contribution < -0.4 is 10.8 Å². The van der Waals surface area contributed by atoms with Gasteiger partial charge in [-0.2, -0.15) is 0 Å². The Kier molecular flexibility index (Phi) is 4.26. The molecule has 4 N–H and O–H groups in total. The molecule has 1 aromatic heterocycles. The summed E-state index contributed by atoms with van der Waals surface area (Å²) >= 11 is 0. The Morgan fingerprint density at radius 3 is 2.43 bits per heavy atom. The molecule has 0 saturated carbocycles. The van der Waals surface area contributed by atoms with Gasteiger partial charge in [0.1, 0.15) is 28.5 Å². The zero-order valence-corrected chi connectivity index (χ0v) is 13.1. The van der Waals surface area contributed by atoms with Crippen molar-refractivity contribution in [1.82, 2.24) is 0 Å². The number of nitrogens with zero attached hydrogens (tertiary/aromatic N) is 1. The SMILES string of the molecule is CC(=Nc1cc(S(N)(=O)=O)ccc1O)c1c(O)cc(C)oc1=O. The first kappa shape index (κ1) is 16.7. The predicted octanol–water partition coefficient (Wildman–Crippen LogP) is 1.15. The number of nitrogens with two attached hydrogens (primary N) is 1. The monoisotopic (exact) mass is 338 g/mol. The van der Waals surface area contributed by atoms with Gasteiger partial charge in [0.25, 0.3) is 0 Å². The topological polar surface area (TPSA) is 143 Å². The van der Waals surface area contributed by atoms with Crippen LogP contribution in [0.4, 0.5) is 5.69 Å². The van der Waals surface area contributed by atoms with Gasteiger partial charge in [0.05, 0.1) is 10.6 Å². The first-order valence-corrected chi connectivity index (χ1v) is 7.89. The number of hydrogen-bond donors (Lipinski definition) is 3. The molecule has 0 aliphatic heterocycles. The summed E-state index contributed by atoms with van der Waals surface area (Å²) < 4.78 is 27.6. The third-order valence-corrected chi connectivity index (χ3v) is 3.89. The van der Waals surface area contributed by atoms with Crippen LogP contribution in [0.15, 0.2) is 43.4 Å². The second-order valence-electron chi connectivity index (χ2n) is 4.80. The van der Waals surface area contributed by atoms with Crippen LogP contribution in [0.1, 0.15) is 18.2 Å². The van der Waals surface area contributed by atoms with Crippen LogP contribution in [-0.2, 0) is 10.0 Å². The lowest BCUT2D eigenvalue weighted by Crippen LogP contribution is -2.13. The van der Waals surface area contributed by atoms with Crippen molar-refractivity contribution in [3.63, 3.8) is 0 Å². The summed E-state index contributed by atoms with van der Waals surface area (Å²) in [5.74, 6) is -0.419. The number of rotatable bonds is 3. The maximum absolute atomic E-state index is 11.8. The van der Waals surface area contributed by atoms with Gasteiger partial charge in [0.15, 0.2) is 0 Å². The molecule has 9 heteroatoms. The molecule has 0 unspecified atom stereocenters. The molecule has 2 aromatic rings. The highest BCUT2D eigenvalue weighted by Gasteiger charge is 2.15. The van der Waals surface area contributed by atoms with Crippen LogP contribution >= 0.6 is 0 Å². The van der Waals surface area contributed by atoms with E-state index in [1.807, 2.05) is 0 Å². The summed E-state index contributed by atoms with van der Waals surface area (Å²) in [5, 5.41) is 24.6.